The fourth-order valence-electron chi connectivity index (χ4n) is 2.38. The highest BCUT2D eigenvalue weighted by atomic mass is 32.2. The summed E-state index contributed by atoms with van der Waals surface area (Å²) in [5.74, 6) is 0. The Labute approximate surface area is 149 Å². The van der Waals surface area contributed by atoms with Crippen LogP contribution in [0.3, 0.4) is 0 Å². The van der Waals surface area contributed by atoms with E-state index in [2.05, 4.69) is 20.3 Å². The van der Waals surface area contributed by atoms with Crippen molar-refractivity contribution in [3.8, 4) is 21.8 Å². The van der Waals surface area contributed by atoms with Gasteiger partial charge in [-0.05, 0) is 24.8 Å². The van der Waals surface area contributed by atoms with Crippen molar-refractivity contribution in [2.24, 2.45) is 0 Å². The normalized spacial score (nSPS) is 12.2. The molecule has 3 aromatic rings. The van der Waals surface area contributed by atoms with E-state index in [1.54, 1.807) is 18.3 Å². The predicted molar refractivity (Wildman–Crippen MR) is 101 cm³/mol. The van der Waals surface area contributed by atoms with Gasteiger partial charge in [0.15, 0.2) is 10.3 Å². The third-order valence-electron chi connectivity index (χ3n) is 3.55. The van der Waals surface area contributed by atoms with Gasteiger partial charge in [-0.2, -0.15) is 0 Å². The van der Waals surface area contributed by atoms with Gasteiger partial charge in [0, 0.05) is 18.8 Å². The minimum atomic E-state index is -0.559. The van der Waals surface area contributed by atoms with Crippen LogP contribution in [0.4, 0.5) is 5.13 Å². The van der Waals surface area contributed by atoms with Crippen LogP contribution in [-0.4, -0.2) is 33.4 Å². The smallest absolute Gasteiger partial charge is 0.188 e. The molecule has 7 heteroatoms. The van der Waals surface area contributed by atoms with Crippen molar-refractivity contribution in [1.82, 2.24) is 15.0 Å². The quantitative estimate of drug-likeness (QED) is 0.529. The number of thiazole rings is 1. The summed E-state index contributed by atoms with van der Waals surface area (Å²) in [6.07, 6.45) is 3.21. The van der Waals surface area contributed by atoms with Gasteiger partial charge in [-0.3, -0.25) is 0 Å². The summed E-state index contributed by atoms with van der Waals surface area (Å²) in [6, 6.07) is 9.73. The highest BCUT2D eigenvalue weighted by Gasteiger charge is 2.14. The van der Waals surface area contributed by atoms with E-state index in [0.717, 1.165) is 32.5 Å². The minimum Gasteiger partial charge on any atom is -0.389 e. The largest absolute Gasteiger partial charge is 0.389 e. The summed E-state index contributed by atoms with van der Waals surface area (Å²) in [6.45, 7) is 1.76. The molecule has 1 atom stereocenters. The molecule has 0 saturated carbocycles. The SMILES string of the molecule is CNc1ncc(-c2cc(-c3ccccc3C(C)O)nc(SC)n2)s1. The van der Waals surface area contributed by atoms with Gasteiger partial charge in [0.2, 0.25) is 0 Å². The molecule has 0 aliphatic carbocycles. The van der Waals surface area contributed by atoms with Crippen LogP contribution in [0.2, 0.25) is 0 Å². The number of aliphatic hydroxyl groups excluding tert-OH is 1. The minimum absolute atomic E-state index is 0.559. The van der Waals surface area contributed by atoms with Crippen molar-refractivity contribution in [3.63, 3.8) is 0 Å². The molecule has 5 nitrogen and oxygen atoms in total. The van der Waals surface area contributed by atoms with Gasteiger partial charge in [0.1, 0.15) is 0 Å². The van der Waals surface area contributed by atoms with Crippen LogP contribution in [0, 0.1) is 0 Å². The average molecular weight is 358 g/mol. The van der Waals surface area contributed by atoms with Crippen molar-refractivity contribution in [2.45, 2.75) is 18.2 Å². The number of hydrogen-bond acceptors (Lipinski definition) is 7. The molecule has 0 aliphatic rings. The van der Waals surface area contributed by atoms with E-state index in [4.69, 9.17) is 0 Å². The molecule has 0 saturated heterocycles. The Morgan fingerprint density at radius 2 is 1.96 bits per heavy atom. The van der Waals surface area contributed by atoms with Crippen LogP contribution < -0.4 is 5.32 Å². The lowest BCUT2D eigenvalue weighted by Crippen LogP contribution is -1.98. The van der Waals surface area contributed by atoms with Crippen molar-refractivity contribution in [1.29, 1.82) is 0 Å². The van der Waals surface area contributed by atoms with Crippen molar-refractivity contribution < 1.29 is 5.11 Å². The predicted octanol–water partition coefficient (Wildman–Crippen LogP) is 4.08. The second kappa shape index (κ2) is 7.29. The molecule has 1 unspecified atom stereocenters. The molecule has 3 rings (SSSR count). The Balaban J connectivity index is 2.14. The first-order valence-corrected chi connectivity index (χ1v) is 9.51. The van der Waals surface area contributed by atoms with E-state index in [9.17, 15) is 5.11 Å². The molecule has 0 spiro atoms. The number of benzene rings is 1. The number of anilines is 1. The van der Waals surface area contributed by atoms with Crippen LogP contribution in [0.1, 0.15) is 18.6 Å². The van der Waals surface area contributed by atoms with Crippen molar-refractivity contribution >= 4 is 28.2 Å². The summed E-state index contributed by atoms with van der Waals surface area (Å²) < 4.78 is 0. The number of thioether (sulfide) groups is 1. The standard InChI is InChI=1S/C17H18N4OS2/c1-10(22)11-6-4-5-7-12(11)13-8-14(21-17(20-13)23-3)15-9-19-16(18-2)24-15/h4-10,22H,1-3H3,(H,18,19). The summed E-state index contributed by atoms with van der Waals surface area (Å²) in [7, 11) is 1.85. The molecular formula is C17H18N4OS2. The molecule has 0 radical (unpaired) electrons. The highest BCUT2D eigenvalue weighted by Crippen LogP contribution is 2.33. The zero-order valence-electron chi connectivity index (χ0n) is 13.6. The Kier molecular flexibility index (Phi) is 5.13. The molecule has 0 bridgehead atoms. The molecule has 124 valence electrons. The Morgan fingerprint density at radius 1 is 1.21 bits per heavy atom. The molecule has 0 amide bonds. The molecule has 1 aromatic carbocycles. The molecule has 2 N–H and O–H groups in total. The summed E-state index contributed by atoms with van der Waals surface area (Å²) in [5.41, 5.74) is 3.42. The van der Waals surface area contributed by atoms with E-state index < -0.39 is 6.10 Å². The molecule has 24 heavy (non-hydrogen) atoms. The molecular weight excluding hydrogens is 340 g/mol. The number of aliphatic hydroxyl groups is 1. The zero-order valence-corrected chi connectivity index (χ0v) is 15.3. The fourth-order valence-corrected chi connectivity index (χ4v) is 3.49. The average Bonchev–Trinajstić information content (AvgIpc) is 3.10. The number of rotatable bonds is 5. The van der Waals surface area contributed by atoms with E-state index in [1.807, 2.05) is 49.8 Å². The van der Waals surface area contributed by atoms with Gasteiger partial charge in [-0.1, -0.05) is 47.4 Å². The first-order chi connectivity index (χ1) is 11.6. The van der Waals surface area contributed by atoms with E-state index in [-0.39, 0.29) is 0 Å². The maximum atomic E-state index is 10.0. The number of hydrogen-bond donors (Lipinski definition) is 2. The molecule has 0 fully saturated rings. The summed E-state index contributed by atoms with van der Waals surface area (Å²) in [5, 5.41) is 14.6. The number of nitrogens with zero attached hydrogens (tertiary/aromatic N) is 3. The van der Waals surface area contributed by atoms with Crippen molar-refractivity contribution in [2.75, 3.05) is 18.6 Å². The molecule has 0 aliphatic heterocycles. The third-order valence-corrected chi connectivity index (χ3v) is 5.13. The topological polar surface area (TPSA) is 70.9 Å². The van der Waals surface area contributed by atoms with Crippen LogP contribution >= 0.6 is 23.1 Å². The fraction of sp³-hybridized carbons (Fsp3) is 0.235. The van der Waals surface area contributed by atoms with Gasteiger partial charge in [-0.15, -0.1) is 0 Å². The molecule has 2 heterocycles. The second-order valence-corrected chi connectivity index (χ2v) is 6.97. The highest BCUT2D eigenvalue weighted by molar-refractivity contribution is 7.98. The van der Waals surface area contributed by atoms with E-state index >= 15 is 0 Å². The van der Waals surface area contributed by atoms with Crippen molar-refractivity contribution in [3.05, 3.63) is 42.1 Å². The van der Waals surface area contributed by atoms with Crippen LogP contribution in [0.25, 0.3) is 21.8 Å². The number of nitrogens with one attached hydrogen (secondary N) is 1. The monoisotopic (exact) mass is 358 g/mol. The van der Waals surface area contributed by atoms with Crippen LogP contribution in [0.5, 0.6) is 0 Å². The molecule has 2 aromatic heterocycles. The maximum Gasteiger partial charge on any atom is 0.188 e. The van der Waals surface area contributed by atoms with Gasteiger partial charge in [-0.25, -0.2) is 15.0 Å². The van der Waals surface area contributed by atoms with Gasteiger partial charge < -0.3 is 10.4 Å². The van der Waals surface area contributed by atoms with E-state index in [0.29, 0.717) is 5.16 Å². The number of aromatic nitrogens is 3. The Hall–Kier alpha value is -1.96. The first kappa shape index (κ1) is 16.9. The second-order valence-electron chi connectivity index (χ2n) is 5.17. The lowest BCUT2D eigenvalue weighted by molar-refractivity contribution is 0.200. The van der Waals surface area contributed by atoms with Crippen LogP contribution in [0.15, 0.2) is 41.7 Å². The summed E-state index contributed by atoms with van der Waals surface area (Å²) in [4.78, 5) is 14.5. The van der Waals surface area contributed by atoms with E-state index in [1.165, 1.54) is 11.8 Å². The van der Waals surface area contributed by atoms with Gasteiger partial charge in [0.05, 0.1) is 22.4 Å². The van der Waals surface area contributed by atoms with Gasteiger partial charge in [0.25, 0.3) is 0 Å². The lowest BCUT2D eigenvalue weighted by Gasteiger charge is -2.12. The Morgan fingerprint density at radius 3 is 2.62 bits per heavy atom. The van der Waals surface area contributed by atoms with Gasteiger partial charge >= 0.3 is 0 Å². The van der Waals surface area contributed by atoms with Crippen LogP contribution in [-0.2, 0) is 0 Å². The Bertz CT molecular complexity index is 848. The maximum absolute atomic E-state index is 10.0. The lowest BCUT2D eigenvalue weighted by atomic mass is 10.00. The zero-order chi connectivity index (χ0) is 17.1. The first-order valence-electron chi connectivity index (χ1n) is 7.46. The third kappa shape index (κ3) is 3.43. The summed E-state index contributed by atoms with van der Waals surface area (Å²) >= 11 is 3.05.